The Morgan fingerprint density at radius 3 is 1.39 bits per heavy atom. The van der Waals surface area contributed by atoms with Gasteiger partial charge in [-0.15, -0.1) is 0 Å². The van der Waals surface area contributed by atoms with Crippen molar-refractivity contribution in [2.24, 2.45) is 5.92 Å². The number of aliphatic carboxylic acids is 1. The van der Waals surface area contributed by atoms with Gasteiger partial charge in [0.15, 0.2) is 0 Å². The molecule has 0 rings (SSSR count). The molecule has 0 saturated heterocycles. The lowest BCUT2D eigenvalue weighted by Gasteiger charge is -2.38. The first-order valence-electron chi connectivity index (χ1n) is 10.0. The molecule has 0 bridgehead atoms. The zero-order valence-electron chi connectivity index (χ0n) is 16.8. The van der Waals surface area contributed by atoms with Crippen molar-refractivity contribution in [1.82, 2.24) is 0 Å². The van der Waals surface area contributed by atoms with E-state index in [1.54, 1.807) is 0 Å². The zero-order chi connectivity index (χ0) is 18.1. The SMILES string of the molecule is CCCCC(CC)C(=O)[O-].CCC[N+](CCC)(CCC)CCC. The molecule has 0 aliphatic carbocycles. The molecule has 0 fully saturated rings. The van der Waals surface area contributed by atoms with Gasteiger partial charge in [0.05, 0.1) is 26.2 Å². The first-order valence-corrected chi connectivity index (χ1v) is 10.0. The van der Waals surface area contributed by atoms with E-state index in [1.807, 2.05) is 6.92 Å². The molecule has 0 aliphatic rings. The van der Waals surface area contributed by atoms with Gasteiger partial charge in [-0.25, -0.2) is 0 Å². The van der Waals surface area contributed by atoms with E-state index in [9.17, 15) is 9.90 Å². The van der Waals surface area contributed by atoms with Crippen LogP contribution in [0.3, 0.4) is 0 Å². The van der Waals surface area contributed by atoms with Crippen LogP contribution in [0.25, 0.3) is 0 Å². The van der Waals surface area contributed by atoms with Crippen LogP contribution in [-0.2, 0) is 4.79 Å². The third-order valence-corrected chi connectivity index (χ3v) is 4.52. The summed E-state index contributed by atoms with van der Waals surface area (Å²) in [5.41, 5.74) is 0. The van der Waals surface area contributed by atoms with Crippen LogP contribution in [-0.4, -0.2) is 36.6 Å². The summed E-state index contributed by atoms with van der Waals surface area (Å²) in [5.74, 6) is -1.11. The molecule has 1 atom stereocenters. The highest BCUT2D eigenvalue weighted by Crippen LogP contribution is 2.12. The van der Waals surface area contributed by atoms with Crippen LogP contribution >= 0.6 is 0 Å². The van der Waals surface area contributed by atoms with Gasteiger partial charge in [-0.1, -0.05) is 54.4 Å². The molecule has 23 heavy (non-hydrogen) atoms. The number of rotatable bonds is 13. The van der Waals surface area contributed by atoms with Crippen molar-refractivity contribution >= 4 is 5.97 Å². The minimum Gasteiger partial charge on any atom is -0.550 e. The predicted octanol–water partition coefficient (Wildman–Crippen LogP) is 4.40. The Morgan fingerprint density at radius 2 is 1.17 bits per heavy atom. The van der Waals surface area contributed by atoms with Crippen LogP contribution in [0, 0.1) is 5.92 Å². The average Bonchev–Trinajstić information content (AvgIpc) is 2.49. The molecule has 0 aromatic heterocycles. The highest BCUT2D eigenvalue weighted by atomic mass is 16.4. The van der Waals surface area contributed by atoms with Gasteiger partial charge in [-0.3, -0.25) is 0 Å². The summed E-state index contributed by atoms with van der Waals surface area (Å²) in [5, 5.41) is 10.3. The number of hydrogen-bond acceptors (Lipinski definition) is 2. The number of nitrogens with zero attached hydrogens (tertiary/aromatic N) is 1. The second kappa shape index (κ2) is 16.3. The fourth-order valence-corrected chi connectivity index (χ4v) is 3.51. The Balaban J connectivity index is 0. The largest absolute Gasteiger partial charge is 0.550 e. The Kier molecular flexibility index (Phi) is 17.5. The Bertz CT molecular complexity index is 237. The van der Waals surface area contributed by atoms with E-state index in [1.165, 1.54) is 56.3 Å². The normalized spacial score (nSPS) is 12.4. The minimum absolute atomic E-state index is 0.222. The molecular weight excluding hydrogens is 286 g/mol. The number of carbonyl (C=O) groups excluding carboxylic acids is 1. The molecule has 0 N–H and O–H groups in total. The summed E-state index contributed by atoms with van der Waals surface area (Å²) < 4.78 is 1.38. The summed E-state index contributed by atoms with van der Waals surface area (Å²) in [7, 11) is 0. The molecular formula is C20H43NO2. The molecule has 3 heteroatoms. The van der Waals surface area contributed by atoms with Crippen LogP contribution in [0.2, 0.25) is 0 Å². The zero-order valence-corrected chi connectivity index (χ0v) is 16.8. The number of quaternary nitrogens is 1. The molecule has 0 heterocycles. The monoisotopic (exact) mass is 329 g/mol. The Labute approximate surface area is 146 Å². The molecule has 140 valence electrons. The van der Waals surface area contributed by atoms with Gasteiger partial charge in [0.2, 0.25) is 0 Å². The van der Waals surface area contributed by atoms with Gasteiger partial charge in [0.1, 0.15) is 0 Å². The summed E-state index contributed by atoms with van der Waals surface area (Å²) in [6, 6.07) is 0. The molecule has 0 saturated carbocycles. The van der Waals surface area contributed by atoms with Crippen molar-refractivity contribution in [3.63, 3.8) is 0 Å². The summed E-state index contributed by atoms with van der Waals surface area (Å²) in [4.78, 5) is 10.3. The molecule has 0 spiro atoms. The fraction of sp³-hybridized carbons (Fsp3) is 0.950. The van der Waals surface area contributed by atoms with Crippen molar-refractivity contribution in [2.75, 3.05) is 26.2 Å². The topological polar surface area (TPSA) is 40.1 Å². The van der Waals surface area contributed by atoms with Gasteiger partial charge in [0.25, 0.3) is 0 Å². The molecule has 0 aromatic rings. The van der Waals surface area contributed by atoms with E-state index < -0.39 is 5.97 Å². The van der Waals surface area contributed by atoms with E-state index in [-0.39, 0.29) is 5.92 Å². The van der Waals surface area contributed by atoms with Gasteiger partial charge >= 0.3 is 0 Å². The van der Waals surface area contributed by atoms with Crippen LogP contribution in [0.15, 0.2) is 0 Å². The third-order valence-electron chi connectivity index (χ3n) is 4.52. The van der Waals surface area contributed by atoms with Crippen molar-refractivity contribution in [3.05, 3.63) is 0 Å². The van der Waals surface area contributed by atoms with Crippen molar-refractivity contribution in [2.45, 2.75) is 92.9 Å². The summed E-state index contributed by atoms with van der Waals surface area (Å²) in [6.07, 6.45) is 8.86. The van der Waals surface area contributed by atoms with Crippen LogP contribution < -0.4 is 5.11 Å². The fourth-order valence-electron chi connectivity index (χ4n) is 3.51. The van der Waals surface area contributed by atoms with Crippen LogP contribution in [0.5, 0.6) is 0 Å². The van der Waals surface area contributed by atoms with Gasteiger partial charge in [0, 0.05) is 5.97 Å². The minimum atomic E-state index is -0.893. The number of hydrogen-bond donors (Lipinski definition) is 0. The molecule has 0 aliphatic heterocycles. The third kappa shape index (κ3) is 12.5. The molecule has 3 nitrogen and oxygen atoms in total. The summed E-state index contributed by atoms with van der Waals surface area (Å²) in [6.45, 7) is 18.7. The second-order valence-electron chi connectivity index (χ2n) is 6.80. The van der Waals surface area contributed by atoms with Gasteiger partial charge in [-0.2, -0.15) is 0 Å². The first kappa shape index (κ1) is 24.7. The van der Waals surface area contributed by atoms with E-state index in [0.717, 1.165) is 19.3 Å². The molecule has 1 unspecified atom stereocenters. The van der Waals surface area contributed by atoms with Gasteiger partial charge < -0.3 is 14.4 Å². The summed E-state index contributed by atoms with van der Waals surface area (Å²) >= 11 is 0. The second-order valence-corrected chi connectivity index (χ2v) is 6.80. The Hall–Kier alpha value is -0.570. The maximum Gasteiger partial charge on any atom is 0.0783 e. The standard InChI is InChI=1S/C12H28N.C8H16O2/c1-5-9-13(10-6-2,11-7-3)12-8-4;1-3-5-6-7(4-2)8(9)10/h5-12H2,1-4H3;7H,3-6H2,1-2H3,(H,9,10)/q+1;/p-1. The van der Waals surface area contributed by atoms with Crippen molar-refractivity contribution in [1.29, 1.82) is 0 Å². The smallest absolute Gasteiger partial charge is 0.0783 e. The van der Waals surface area contributed by atoms with E-state index >= 15 is 0 Å². The van der Waals surface area contributed by atoms with Crippen LogP contribution in [0.4, 0.5) is 0 Å². The quantitative estimate of drug-likeness (QED) is 0.470. The van der Waals surface area contributed by atoms with Gasteiger partial charge in [-0.05, 0) is 44.4 Å². The average molecular weight is 330 g/mol. The molecule has 0 amide bonds. The lowest BCUT2D eigenvalue weighted by atomic mass is 10.00. The van der Waals surface area contributed by atoms with Crippen molar-refractivity contribution < 1.29 is 14.4 Å². The number of unbranched alkanes of at least 4 members (excludes halogenated alkanes) is 1. The highest BCUT2D eigenvalue weighted by Gasteiger charge is 2.22. The number of carboxylic acid groups (broad SMARTS) is 1. The van der Waals surface area contributed by atoms with E-state index in [0.29, 0.717) is 6.42 Å². The van der Waals surface area contributed by atoms with E-state index in [4.69, 9.17) is 0 Å². The lowest BCUT2D eigenvalue weighted by Crippen LogP contribution is -2.50. The molecule has 0 radical (unpaired) electrons. The van der Waals surface area contributed by atoms with Crippen LogP contribution in [0.1, 0.15) is 92.9 Å². The van der Waals surface area contributed by atoms with E-state index in [2.05, 4.69) is 34.6 Å². The first-order chi connectivity index (χ1) is 11.0. The maximum atomic E-state index is 10.3. The number of carboxylic acids is 1. The molecule has 0 aromatic carbocycles. The van der Waals surface area contributed by atoms with Crippen molar-refractivity contribution in [3.8, 4) is 0 Å². The lowest BCUT2D eigenvalue weighted by molar-refractivity contribution is -0.928. The maximum absolute atomic E-state index is 10.3. The predicted molar refractivity (Wildman–Crippen MR) is 99.2 cm³/mol. The highest BCUT2D eigenvalue weighted by molar-refractivity contribution is 5.67. The Morgan fingerprint density at radius 1 is 0.783 bits per heavy atom. The number of carbonyl (C=O) groups is 1.